The van der Waals surface area contributed by atoms with Crippen molar-refractivity contribution >= 4 is 11.9 Å². The van der Waals surface area contributed by atoms with Crippen LogP contribution in [0.15, 0.2) is 12.2 Å². The lowest BCUT2D eigenvalue weighted by Gasteiger charge is -1.79. The van der Waals surface area contributed by atoms with Crippen molar-refractivity contribution < 1.29 is 30.0 Å². The number of aliphatic hydroxyl groups excluding tert-OH is 2. The molecule has 0 rings (SSSR count). The van der Waals surface area contributed by atoms with E-state index in [1.165, 1.54) is 0 Å². The maximum atomic E-state index is 9.74. The van der Waals surface area contributed by atoms with Crippen molar-refractivity contribution in [3.63, 3.8) is 0 Å². The second-order valence-corrected chi connectivity index (χ2v) is 1.79. The van der Waals surface area contributed by atoms with E-state index in [2.05, 4.69) is 0 Å². The second-order valence-electron chi connectivity index (χ2n) is 1.79. The van der Waals surface area contributed by atoms with Crippen LogP contribution < -0.4 is 0 Å². The summed E-state index contributed by atoms with van der Waals surface area (Å²) in [7, 11) is 0. The number of carboxylic acid groups (broad SMARTS) is 2. The number of aliphatic hydroxyl groups is 2. The lowest BCUT2D eigenvalue weighted by molar-refractivity contribution is -0.136. The molecule has 0 radical (unpaired) electrons. The molecule has 0 aromatic heterocycles. The lowest BCUT2D eigenvalue weighted by Crippen LogP contribution is -1.92. The molecule has 0 aliphatic heterocycles. The van der Waals surface area contributed by atoms with Gasteiger partial charge in [-0.25, -0.2) is 4.79 Å². The average Bonchev–Trinajstić information content (AvgIpc) is 2.03. The van der Waals surface area contributed by atoms with Crippen LogP contribution in [-0.4, -0.2) is 45.6 Å². The van der Waals surface area contributed by atoms with Crippen molar-refractivity contribution in [1.29, 1.82) is 0 Å². The highest BCUT2D eigenvalue weighted by atomic mass is 16.4. The Bertz CT molecular complexity index is 172. The molecule has 0 fully saturated rings. The van der Waals surface area contributed by atoms with Gasteiger partial charge in [0.15, 0.2) is 0 Å². The van der Waals surface area contributed by atoms with Crippen LogP contribution in [0.2, 0.25) is 0 Å². The van der Waals surface area contributed by atoms with Crippen molar-refractivity contribution in [3.05, 3.63) is 12.2 Å². The van der Waals surface area contributed by atoms with Gasteiger partial charge in [0.05, 0.1) is 19.6 Å². The highest BCUT2D eigenvalue weighted by molar-refractivity contribution is 5.81. The highest BCUT2D eigenvalue weighted by Gasteiger charge is 1.90. The first-order valence-corrected chi connectivity index (χ1v) is 3.37. The molecule has 0 saturated heterocycles. The monoisotopic (exact) mass is 192 g/mol. The Kier molecular flexibility index (Phi) is 11.5. The zero-order valence-electron chi connectivity index (χ0n) is 6.88. The molecule has 0 heterocycles. The highest BCUT2D eigenvalue weighted by Crippen LogP contribution is 1.81. The summed E-state index contributed by atoms with van der Waals surface area (Å²) in [6.45, 7) is -0.250. The number of carboxylic acids is 2. The molecule has 13 heavy (non-hydrogen) atoms. The maximum Gasteiger partial charge on any atom is 0.327 e. The van der Waals surface area contributed by atoms with Gasteiger partial charge in [-0.2, -0.15) is 0 Å². The van der Waals surface area contributed by atoms with Crippen molar-refractivity contribution in [2.24, 2.45) is 0 Å². The summed E-state index contributed by atoms with van der Waals surface area (Å²) in [6.07, 6.45) is 1.63. The fourth-order valence-electron chi connectivity index (χ4n) is 0.261. The molecular formula is C7H12O6. The SMILES string of the molecule is O=C(O)C=CCC(=O)O.OCCO. The largest absolute Gasteiger partial charge is 0.481 e. The van der Waals surface area contributed by atoms with E-state index in [1.807, 2.05) is 0 Å². The second kappa shape index (κ2) is 10.6. The van der Waals surface area contributed by atoms with E-state index in [1.54, 1.807) is 0 Å². The van der Waals surface area contributed by atoms with Gasteiger partial charge in [0.2, 0.25) is 0 Å². The predicted molar refractivity (Wildman–Crippen MR) is 43.2 cm³/mol. The zero-order valence-corrected chi connectivity index (χ0v) is 6.88. The summed E-state index contributed by atoms with van der Waals surface area (Å²) in [5.41, 5.74) is 0. The molecule has 0 unspecified atom stereocenters. The molecule has 0 saturated carbocycles. The van der Waals surface area contributed by atoms with Crippen LogP contribution in [0.25, 0.3) is 0 Å². The predicted octanol–water partition coefficient (Wildman–Crippen LogP) is -0.927. The summed E-state index contributed by atoms with van der Waals surface area (Å²) in [5.74, 6) is -2.16. The van der Waals surface area contributed by atoms with Crippen LogP contribution in [0.4, 0.5) is 0 Å². The molecule has 0 bridgehead atoms. The molecule has 4 N–H and O–H groups in total. The summed E-state index contributed by atoms with van der Waals surface area (Å²) in [4.78, 5) is 19.4. The van der Waals surface area contributed by atoms with Crippen LogP contribution in [0.1, 0.15) is 6.42 Å². The molecule has 0 aliphatic carbocycles. The van der Waals surface area contributed by atoms with Gasteiger partial charge in [-0.3, -0.25) is 4.79 Å². The summed E-state index contributed by atoms with van der Waals surface area (Å²) < 4.78 is 0. The summed E-state index contributed by atoms with van der Waals surface area (Å²) in [5, 5.41) is 31.2. The van der Waals surface area contributed by atoms with E-state index >= 15 is 0 Å². The molecule has 0 aliphatic rings. The van der Waals surface area contributed by atoms with E-state index in [4.69, 9.17) is 20.4 Å². The maximum absolute atomic E-state index is 9.74. The molecule has 0 aromatic rings. The topological polar surface area (TPSA) is 115 Å². The van der Waals surface area contributed by atoms with E-state index < -0.39 is 11.9 Å². The van der Waals surface area contributed by atoms with Gasteiger partial charge >= 0.3 is 11.9 Å². The number of hydrogen-bond acceptors (Lipinski definition) is 4. The smallest absolute Gasteiger partial charge is 0.327 e. The lowest BCUT2D eigenvalue weighted by atomic mass is 10.4. The van der Waals surface area contributed by atoms with Crippen molar-refractivity contribution in [2.75, 3.05) is 13.2 Å². The van der Waals surface area contributed by atoms with Gasteiger partial charge in [0.1, 0.15) is 0 Å². The molecule has 0 spiro atoms. The standard InChI is InChI=1S/C5H6O4.C2H6O2/c6-4(7)2-1-3-5(8)9;3-1-2-4/h1-2H,3H2,(H,6,7)(H,8,9);3-4H,1-2H2. The van der Waals surface area contributed by atoms with E-state index in [9.17, 15) is 9.59 Å². The fourth-order valence-corrected chi connectivity index (χ4v) is 0.261. The van der Waals surface area contributed by atoms with Crippen molar-refractivity contribution in [3.8, 4) is 0 Å². The van der Waals surface area contributed by atoms with Crippen molar-refractivity contribution in [1.82, 2.24) is 0 Å². The van der Waals surface area contributed by atoms with E-state index in [0.717, 1.165) is 12.2 Å². The molecule has 76 valence electrons. The molecule has 6 heteroatoms. The van der Waals surface area contributed by atoms with Crippen LogP contribution in [0, 0.1) is 0 Å². The normalized spacial score (nSPS) is 9.08. The first-order valence-electron chi connectivity index (χ1n) is 3.37. The fraction of sp³-hybridized carbons (Fsp3) is 0.429. The summed E-state index contributed by atoms with van der Waals surface area (Å²) >= 11 is 0. The van der Waals surface area contributed by atoms with Crippen LogP contribution in [0.5, 0.6) is 0 Å². The van der Waals surface area contributed by atoms with Gasteiger partial charge in [0, 0.05) is 6.08 Å². The van der Waals surface area contributed by atoms with Crippen LogP contribution in [0.3, 0.4) is 0 Å². The third-order valence-electron chi connectivity index (χ3n) is 0.653. The minimum Gasteiger partial charge on any atom is -0.481 e. The molecule has 6 nitrogen and oxygen atoms in total. The number of rotatable bonds is 4. The number of hydrogen-bond donors (Lipinski definition) is 4. The van der Waals surface area contributed by atoms with Crippen LogP contribution in [-0.2, 0) is 9.59 Å². The minimum absolute atomic E-state index is 0.125. The Morgan fingerprint density at radius 1 is 1.08 bits per heavy atom. The van der Waals surface area contributed by atoms with Gasteiger partial charge < -0.3 is 20.4 Å². The van der Waals surface area contributed by atoms with Gasteiger partial charge in [-0.15, -0.1) is 0 Å². The third-order valence-corrected chi connectivity index (χ3v) is 0.653. The van der Waals surface area contributed by atoms with Gasteiger partial charge in [-0.05, 0) is 0 Å². The minimum atomic E-state index is -1.13. The summed E-state index contributed by atoms with van der Waals surface area (Å²) in [6, 6.07) is 0. The van der Waals surface area contributed by atoms with Crippen molar-refractivity contribution in [2.45, 2.75) is 6.42 Å². The Hall–Kier alpha value is -1.40. The quantitative estimate of drug-likeness (QED) is 0.428. The first-order chi connectivity index (χ1) is 6.04. The molecule has 0 amide bonds. The molecule has 0 aromatic carbocycles. The molecule has 0 atom stereocenters. The number of aliphatic carboxylic acids is 2. The Balaban J connectivity index is 0. The van der Waals surface area contributed by atoms with Gasteiger partial charge in [-0.1, -0.05) is 6.08 Å². The Labute approximate surface area is 74.7 Å². The zero-order chi connectivity index (χ0) is 10.7. The Morgan fingerprint density at radius 3 is 1.77 bits per heavy atom. The average molecular weight is 192 g/mol. The molecular weight excluding hydrogens is 180 g/mol. The van der Waals surface area contributed by atoms with Crippen LogP contribution >= 0.6 is 0 Å². The third kappa shape index (κ3) is 25.0. The van der Waals surface area contributed by atoms with E-state index in [0.29, 0.717) is 0 Å². The van der Waals surface area contributed by atoms with Gasteiger partial charge in [0.25, 0.3) is 0 Å². The first kappa shape index (κ1) is 14.1. The number of carbonyl (C=O) groups is 2. The van der Waals surface area contributed by atoms with E-state index in [-0.39, 0.29) is 19.6 Å². The Morgan fingerprint density at radius 2 is 1.54 bits per heavy atom.